The Labute approximate surface area is 327 Å². The second-order valence-corrected chi connectivity index (χ2v) is 16.3. The van der Waals surface area contributed by atoms with Gasteiger partial charge in [0.1, 0.15) is 0 Å². The van der Waals surface area contributed by atoms with Crippen LogP contribution in [0, 0.1) is 11.8 Å². The summed E-state index contributed by atoms with van der Waals surface area (Å²) in [6.45, 7) is 11.8. The largest absolute Gasteiger partial charge is 0.481 e. The van der Waals surface area contributed by atoms with Gasteiger partial charge >= 0.3 is 11.9 Å². The van der Waals surface area contributed by atoms with Crippen molar-refractivity contribution >= 4 is 11.9 Å². The van der Waals surface area contributed by atoms with Crippen LogP contribution in [0.15, 0.2) is 0 Å². The summed E-state index contributed by atoms with van der Waals surface area (Å²) >= 11 is 0. The van der Waals surface area contributed by atoms with Crippen molar-refractivity contribution in [3.63, 3.8) is 0 Å². The molecule has 312 valence electrons. The lowest BCUT2D eigenvalue weighted by atomic mass is 9.86. The summed E-state index contributed by atoms with van der Waals surface area (Å²) in [6, 6.07) is 0. The maximum absolute atomic E-state index is 11.7. The lowest BCUT2D eigenvalue weighted by Crippen LogP contribution is -2.18. The molecule has 0 aromatic carbocycles. The fourth-order valence-corrected chi connectivity index (χ4v) is 7.39. The van der Waals surface area contributed by atoms with Crippen LogP contribution in [0.5, 0.6) is 0 Å². The summed E-state index contributed by atoms with van der Waals surface area (Å²) in [5.41, 5.74) is 0. The quantitative estimate of drug-likeness (QED) is 0.0501. The highest BCUT2D eigenvalue weighted by molar-refractivity contribution is 5.70. The monoisotopic (exact) mass is 737 g/mol. The van der Waals surface area contributed by atoms with E-state index in [0.717, 1.165) is 38.5 Å². The van der Waals surface area contributed by atoms with Gasteiger partial charge in [0.15, 0.2) is 0 Å². The van der Waals surface area contributed by atoms with Crippen molar-refractivity contribution in [3.05, 3.63) is 0 Å². The third kappa shape index (κ3) is 43.3. The van der Waals surface area contributed by atoms with E-state index in [1.807, 2.05) is 0 Å². The molecule has 0 radical (unpaired) electrons. The molecule has 0 aliphatic heterocycles. The second kappa shape index (κ2) is 46.1. The molecule has 0 saturated carbocycles. The summed E-state index contributed by atoms with van der Waals surface area (Å²) in [5, 5.41) is 9.52. The standard InChI is InChI=1S/2C24H48O2/c1-4-7-9-10-11-12-13-14-15-16-17-18-20-23(24(25)26)21-22(6-3)19-8-5-2;1-3-5-7-9-11-12-13-14-15-16-17-18-20-22-24(25)26-23-21-19-10-8-6-4-2/h22-23H,4-21H2,1-3H3,(H,25,26);3-23H2,1-2H3. The van der Waals surface area contributed by atoms with Gasteiger partial charge in [-0.1, -0.05) is 247 Å². The van der Waals surface area contributed by atoms with E-state index in [2.05, 4.69) is 34.6 Å². The van der Waals surface area contributed by atoms with Crippen molar-refractivity contribution in [2.24, 2.45) is 11.8 Å². The molecular formula is C48H96O4. The molecule has 0 aliphatic rings. The van der Waals surface area contributed by atoms with Gasteiger partial charge < -0.3 is 9.84 Å². The maximum atomic E-state index is 11.7. The van der Waals surface area contributed by atoms with Crippen LogP contribution < -0.4 is 0 Å². The fourth-order valence-electron chi connectivity index (χ4n) is 7.39. The molecule has 2 unspecified atom stereocenters. The zero-order valence-electron chi connectivity index (χ0n) is 36.4. The first-order chi connectivity index (χ1) is 25.5. The lowest BCUT2D eigenvalue weighted by molar-refractivity contribution is -0.144. The molecule has 0 amide bonds. The first-order valence-electron chi connectivity index (χ1n) is 23.8. The van der Waals surface area contributed by atoms with E-state index in [4.69, 9.17) is 4.74 Å². The van der Waals surface area contributed by atoms with Gasteiger partial charge in [0.2, 0.25) is 0 Å². The van der Waals surface area contributed by atoms with Crippen LogP contribution in [-0.4, -0.2) is 23.7 Å². The number of carboxylic acids is 1. The molecule has 2 atom stereocenters. The number of hydrogen-bond donors (Lipinski definition) is 1. The highest BCUT2D eigenvalue weighted by atomic mass is 16.5. The summed E-state index contributed by atoms with van der Waals surface area (Å²) in [7, 11) is 0. The molecule has 0 spiro atoms. The number of hydrogen-bond acceptors (Lipinski definition) is 3. The van der Waals surface area contributed by atoms with Crippen LogP contribution in [0.4, 0.5) is 0 Å². The predicted octanol–water partition coefficient (Wildman–Crippen LogP) is 16.8. The Hall–Kier alpha value is -1.06. The van der Waals surface area contributed by atoms with E-state index in [1.54, 1.807) is 0 Å². The highest BCUT2D eigenvalue weighted by Gasteiger charge is 2.21. The molecule has 0 rings (SSSR count). The van der Waals surface area contributed by atoms with Gasteiger partial charge in [0.25, 0.3) is 0 Å². The van der Waals surface area contributed by atoms with Gasteiger partial charge in [-0.05, 0) is 31.6 Å². The third-order valence-electron chi connectivity index (χ3n) is 11.2. The van der Waals surface area contributed by atoms with Gasteiger partial charge in [0.05, 0.1) is 12.5 Å². The SMILES string of the molecule is CCCCCCCCCCCCCCC(CC(CC)CCCC)C(=O)O.CCCCCCCCCCCCCCCC(=O)OCCCCCCCC. The zero-order valence-corrected chi connectivity index (χ0v) is 36.4. The Morgan fingerprint density at radius 2 is 0.769 bits per heavy atom. The van der Waals surface area contributed by atoms with Crippen molar-refractivity contribution in [2.45, 2.75) is 279 Å². The van der Waals surface area contributed by atoms with Crippen molar-refractivity contribution < 1.29 is 19.4 Å². The summed E-state index contributed by atoms with van der Waals surface area (Å²) in [4.78, 5) is 23.2. The third-order valence-corrected chi connectivity index (χ3v) is 11.2. The van der Waals surface area contributed by atoms with E-state index in [0.29, 0.717) is 18.9 Å². The summed E-state index contributed by atoms with van der Waals surface area (Å²) in [5.74, 6) is -0.0574. The van der Waals surface area contributed by atoms with Gasteiger partial charge in [-0.25, -0.2) is 0 Å². The fraction of sp³-hybridized carbons (Fsp3) is 0.958. The molecule has 4 nitrogen and oxygen atoms in total. The van der Waals surface area contributed by atoms with Crippen molar-refractivity contribution in [1.29, 1.82) is 0 Å². The molecule has 0 bridgehead atoms. The second-order valence-electron chi connectivity index (χ2n) is 16.3. The number of esters is 1. The Morgan fingerprint density at radius 3 is 1.13 bits per heavy atom. The van der Waals surface area contributed by atoms with Gasteiger partial charge in [0, 0.05) is 6.42 Å². The minimum atomic E-state index is -0.567. The molecular weight excluding hydrogens is 641 g/mol. The number of unbranched alkanes of at least 4 members (excludes halogenated alkanes) is 29. The number of rotatable bonds is 41. The molecule has 0 aromatic heterocycles. The average Bonchev–Trinajstić information content (AvgIpc) is 3.14. The molecule has 0 aromatic rings. The Bertz CT molecular complexity index is 692. The zero-order chi connectivity index (χ0) is 38.6. The van der Waals surface area contributed by atoms with Crippen LogP contribution >= 0.6 is 0 Å². The Balaban J connectivity index is 0. The van der Waals surface area contributed by atoms with Crippen molar-refractivity contribution in [3.8, 4) is 0 Å². The lowest BCUT2D eigenvalue weighted by Gasteiger charge is -2.19. The number of ether oxygens (including phenoxy) is 1. The van der Waals surface area contributed by atoms with E-state index < -0.39 is 5.97 Å². The number of carbonyl (C=O) groups is 2. The van der Waals surface area contributed by atoms with Crippen LogP contribution in [0.2, 0.25) is 0 Å². The van der Waals surface area contributed by atoms with Gasteiger partial charge in [-0.15, -0.1) is 0 Å². The summed E-state index contributed by atoms with van der Waals surface area (Å²) < 4.78 is 5.32. The topological polar surface area (TPSA) is 63.6 Å². The normalized spacial score (nSPS) is 12.3. The highest BCUT2D eigenvalue weighted by Crippen LogP contribution is 2.26. The maximum Gasteiger partial charge on any atom is 0.306 e. The Morgan fingerprint density at radius 1 is 0.423 bits per heavy atom. The number of aliphatic carboxylic acids is 1. The average molecular weight is 737 g/mol. The van der Waals surface area contributed by atoms with Gasteiger partial charge in [-0.2, -0.15) is 0 Å². The van der Waals surface area contributed by atoms with E-state index >= 15 is 0 Å². The number of carboxylic acid groups (broad SMARTS) is 1. The molecule has 4 heteroatoms. The van der Waals surface area contributed by atoms with E-state index in [1.165, 1.54) is 199 Å². The molecule has 52 heavy (non-hydrogen) atoms. The van der Waals surface area contributed by atoms with Crippen molar-refractivity contribution in [1.82, 2.24) is 0 Å². The smallest absolute Gasteiger partial charge is 0.306 e. The van der Waals surface area contributed by atoms with Crippen molar-refractivity contribution in [2.75, 3.05) is 6.61 Å². The van der Waals surface area contributed by atoms with Crippen LogP contribution in [-0.2, 0) is 14.3 Å². The van der Waals surface area contributed by atoms with Crippen LogP contribution in [0.25, 0.3) is 0 Å². The van der Waals surface area contributed by atoms with Gasteiger partial charge in [-0.3, -0.25) is 9.59 Å². The van der Waals surface area contributed by atoms with Crippen LogP contribution in [0.1, 0.15) is 279 Å². The molecule has 0 fully saturated rings. The minimum Gasteiger partial charge on any atom is -0.481 e. The first kappa shape index (κ1) is 53.0. The predicted molar refractivity (Wildman–Crippen MR) is 229 cm³/mol. The first-order valence-corrected chi connectivity index (χ1v) is 23.8. The minimum absolute atomic E-state index is 0.0154. The number of carbonyl (C=O) groups excluding carboxylic acids is 1. The molecule has 1 N–H and O–H groups in total. The molecule has 0 aliphatic carbocycles. The Kier molecular flexibility index (Phi) is 47.0. The molecule has 0 saturated heterocycles. The van der Waals surface area contributed by atoms with E-state index in [9.17, 15) is 14.7 Å². The van der Waals surface area contributed by atoms with E-state index in [-0.39, 0.29) is 11.9 Å². The van der Waals surface area contributed by atoms with Crippen LogP contribution in [0.3, 0.4) is 0 Å². The summed E-state index contributed by atoms with van der Waals surface area (Å²) in [6.07, 6.45) is 48.2. The molecule has 0 heterocycles.